The molecular formula is C50H56F2N8O9S. The second-order valence-corrected chi connectivity index (χ2v) is 20.9. The minimum atomic E-state index is -3.69. The van der Waals surface area contributed by atoms with Crippen molar-refractivity contribution in [2.75, 3.05) is 76.4 Å². The van der Waals surface area contributed by atoms with Crippen molar-refractivity contribution in [3.63, 3.8) is 0 Å². The third kappa shape index (κ3) is 9.43. The highest BCUT2D eigenvalue weighted by molar-refractivity contribution is 7.90. The number of rotatable bonds is 15. The van der Waals surface area contributed by atoms with Gasteiger partial charge in [0.25, 0.3) is 17.7 Å². The molecule has 2 aromatic heterocycles. The second kappa shape index (κ2) is 19.0. The lowest BCUT2D eigenvalue weighted by molar-refractivity contribution is -0.137. The summed E-state index contributed by atoms with van der Waals surface area (Å²) >= 11 is 0. The Hall–Kier alpha value is -6.51. The lowest BCUT2D eigenvalue weighted by Gasteiger charge is -2.43. The number of benzene rings is 3. The van der Waals surface area contributed by atoms with Gasteiger partial charge in [-0.25, -0.2) is 13.4 Å². The predicted octanol–water partition coefficient (Wildman–Crippen LogP) is 5.62. The van der Waals surface area contributed by atoms with Crippen molar-refractivity contribution in [1.82, 2.24) is 34.8 Å². The molecule has 0 unspecified atom stereocenters. The van der Waals surface area contributed by atoms with E-state index >= 15 is 8.78 Å². The molecular weight excluding hydrogens is 927 g/mol. The Morgan fingerprint density at radius 1 is 0.900 bits per heavy atom. The summed E-state index contributed by atoms with van der Waals surface area (Å²) in [5.74, 6) is -3.54. The molecule has 0 bridgehead atoms. The molecule has 20 heteroatoms. The third-order valence-electron chi connectivity index (χ3n) is 14.0. The van der Waals surface area contributed by atoms with Gasteiger partial charge in [-0.15, -0.1) is 0 Å². The van der Waals surface area contributed by atoms with Gasteiger partial charge >= 0.3 is 0 Å². The molecule has 3 saturated heterocycles. The maximum absolute atomic E-state index is 15.8. The number of ether oxygens (including phenoxy) is 3. The highest BCUT2D eigenvalue weighted by Crippen LogP contribution is 2.41. The lowest BCUT2D eigenvalue weighted by atomic mass is 9.77. The number of carbonyl (C=O) groups excluding carboxylic acids is 4. The monoisotopic (exact) mass is 982 g/mol. The Kier molecular flexibility index (Phi) is 13.2. The third-order valence-corrected chi connectivity index (χ3v) is 15.0. The summed E-state index contributed by atoms with van der Waals surface area (Å²) in [5.41, 5.74) is 0.886. The van der Waals surface area contributed by atoms with Crippen LogP contribution in [0.2, 0.25) is 0 Å². The van der Waals surface area contributed by atoms with E-state index in [1.165, 1.54) is 43.6 Å². The Bertz CT molecular complexity index is 2970. The minimum Gasteiger partial charge on any atom is -0.493 e. The first kappa shape index (κ1) is 48.5. The van der Waals surface area contributed by atoms with Gasteiger partial charge < -0.3 is 19.1 Å². The van der Waals surface area contributed by atoms with E-state index in [1.807, 2.05) is 11.0 Å². The summed E-state index contributed by atoms with van der Waals surface area (Å²) in [6, 6.07) is 16.5. The molecule has 17 nitrogen and oxygen atoms in total. The molecule has 3 fully saturated rings. The van der Waals surface area contributed by atoms with E-state index in [0.717, 1.165) is 16.5 Å². The zero-order valence-corrected chi connectivity index (χ0v) is 40.6. The van der Waals surface area contributed by atoms with E-state index in [1.54, 1.807) is 60.8 Å². The number of piperidine rings is 2. The highest BCUT2D eigenvalue weighted by atomic mass is 32.2. The average molecular weight is 983 g/mol. The molecule has 0 aliphatic carbocycles. The van der Waals surface area contributed by atoms with E-state index in [4.69, 9.17) is 14.2 Å². The Labute approximate surface area is 404 Å². The minimum absolute atomic E-state index is 0.117. The number of pyridine rings is 1. The number of fused-ring (bicyclic) bond motifs is 2. The van der Waals surface area contributed by atoms with Crippen LogP contribution in [0.3, 0.4) is 0 Å². The van der Waals surface area contributed by atoms with Gasteiger partial charge in [0.05, 0.1) is 59.8 Å². The van der Waals surface area contributed by atoms with Crippen LogP contribution in [0.5, 0.6) is 23.0 Å². The van der Waals surface area contributed by atoms with Gasteiger partial charge in [0.2, 0.25) is 11.8 Å². The first-order valence-corrected chi connectivity index (χ1v) is 25.5. The van der Waals surface area contributed by atoms with E-state index in [0.29, 0.717) is 111 Å². The molecule has 370 valence electrons. The van der Waals surface area contributed by atoms with Crippen LogP contribution in [0.1, 0.15) is 83.1 Å². The number of carbonyl (C=O) groups is 4. The first-order chi connectivity index (χ1) is 33.4. The predicted molar refractivity (Wildman–Crippen MR) is 255 cm³/mol. The number of amides is 4. The molecule has 0 spiro atoms. The number of hydrogen-bond acceptors (Lipinski definition) is 14. The van der Waals surface area contributed by atoms with Gasteiger partial charge in [0.15, 0.2) is 11.5 Å². The molecule has 0 saturated carbocycles. The Balaban J connectivity index is 0.793. The average Bonchev–Trinajstić information content (AvgIpc) is 3.81. The number of nitrogens with one attached hydrogen (secondary N) is 1. The smallest absolute Gasteiger partial charge is 0.285 e. The van der Waals surface area contributed by atoms with Crippen LogP contribution in [-0.2, 0) is 37.8 Å². The molecule has 5 aromatic rings. The molecule has 0 radical (unpaired) electrons. The van der Waals surface area contributed by atoms with Gasteiger partial charge in [-0.2, -0.15) is 13.9 Å². The zero-order chi connectivity index (χ0) is 49.7. The second-order valence-electron chi connectivity index (χ2n) is 18.7. The van der Waals surface area contributed by atoms with Gasteiger partial charge in [0.1, 0.15) is 27.2 Å². The number of aryl methyl sites for hydroxylation is 1. The molecule has 6 heterocycles. The number of piperazine rings is 1. The summed E-state index contributed by atoms with van der Waals surface area (Å²) in [6.45, 7) is 6.74. The molecule has 4 aliphatic rings. The number of imide groups is 2. The van der Waals surface area contributed by atoms with Crippen LogP contribution in [0, 0.1) is 0 Å². The fourth-order valence-corrected chi connectivity index (χ4v) is 11.2. The van der Waals surface area contributed by atoms with Crippen LogP contribution in [0.25, 0.3) is 10.9 Å². The Morgan fingerprint density at radius 3 is 2.29 bits per heavy atom. The van der Waals surface area contributed by atoms with Crippen LogP contribution in [-0.4, -0.2) is 139 Å². The van der Waals surface area contributed by atoms with E-state index in [2.05, 4.69) is 20.3 Å². The van der Waals surface area contributed by atoms with Crippen LogP contribution < -0.4 is 24.4 Å². The number of anilines is 1. The van der Waals surface area contributed by atoms with E-state index < -0.39 is 51.3 Å². The van der Waals surface area contributed by atoms with Crippen molar-refractivity contribution in [1.29, 1.82) is 0 Å². The normalized spacial score (nSPS) is 20.2. The number of likely N-dealkylation sites (tertiary alicyclic amines) is 1. The summed E-state index contributed by atoms with van der Waals surface area (Å²) < 4.78 is 76.0. The van der Waals surface area contributed by atoms with Crippen molar-refractivity contribution >= 4 is 50.2 Å². The molecule has 4 aliphatic heterocycles. The number of halogens is 2. The molecule has 1 N–H and O–H groups in total. The Morgan fingerprint density at radius 2 is 1.61 bits per heavy atom. The maximum atomic E-state index is 15.8. The molecule has 2 atom stereocenters. The lowest BCUT2D eigenvalue weighted by Crippen LogP contribution is -2.54. The SMILES string of the molecule is CCOc1cc([C@@H](CS(C)(=O)=O)N2C(=O)c3ccnc(N4CCN(C5CCN(CC(F)(F)c6ccc(Oc7ccc8c([C@@]9(C)CCC(=O)NC9=O)nn(C)c8c7)cc6)CC5)CC4)c3C2=O)ccc1OC. The number of methoxy groups -OCH3 is 1. The summed E-state index contributed by atoms with van der Waals surface area (Å²) in [7, 11) is -0.442. The molecule has 4 amide bonds. The molecule has 3 aromatic carbocycles. The van der Waals surface area contributed by atoms with Gasteiger partial charge in [0, 0.05) is 75.2 Å². The van der Waals surface area contributed by atoms with Gasteiger partial charge in [-0.3, -0.25) is 43.9 Å². The topological polar surface area (TPSA) is 186 Å². The number of sulfone groups is 1. The molecule has 70 heavy (non-hydrogen) atoms. The zero-order valence-electron chi connectivity index (χ0n) is 39.7. The summed E-state index contributed by atoms with van der Waals surface area (Å²) in [6.07, 6.45) is 4.52. The van der Waals surface area contributed by atoms with Crippen molar-refractivity contribution < 1.29 is 50.6 Å². The fraction of sp³-hybridized carbons (Fsp3) is 0.440. The van der Waals surface area contributed by atoms with Crippen molar-refractivity contribution in [2.45, 2.75) is 63.0 Å². The standard InChI is InChI=1S/C50H56F2N8O9S/c1-6-68-41-27-31(7-14-40(41)67-4)39(29-70(5,65)66)60-46(62)37-16-20-53-45(43(37)47(60)63)59-25-23-58(24-26-59)33-17-21-57(22-18-33)30-50(51,52)32-8-10-34(11-9-32)69-35-12-13-36-38(28-35)56(3)55-44(36)49(2)19-15-42(61)54-48(49)64/h7-14,16,20,27-28,33,39H,6,15,17-19,21-26,29-30H2,1-5H3,(H,54,61,64)/t39-,49-/m1/s1. The van der Waals surface area contributed by atoms with Crippen molar-refractivity contribution in [3.05, 3.63) is 101 Å². The van der Waals surface area contributed by atoms with Crippen molar-refractivity contribution in [2.24, 2.45) is 7.05 Å². The largest absolute Gasteiger partial charge is 0.493 e. The van der Waals surface area contributed by atoms with Crippen LogP contribution >= 0.6 is 0 Å². The van der Waals surface area contributed by atoms with Crippen LogP contribution in [0.4, 0.5) is 14.6 Å². The molecule has 9 rings (SSSR count). The van der Waals surface area contributed by atoms with Gasteiger partial charge in [-0.05, 0) is 106 Å². The highest BCUT2D eigenvalue weighted by Gasteiger charge is 2.46. The maximum Gasteiger partial charge on any atom is 0.285 e. The van der Waals surface area contributed by atoms with Crippen LogP contribution in [0.15, 0.2) is 72.9 Å². The number of nitrogens with zero attached hydrogens (tertiary/aromatic N) is 7. The number of alkyl halides is 2. The van der Waals surface area contributed by atoms with E-state index in [9.17, 15) is 27.6 Å². The quantitative estimate of drug-likeness (QED) is 0.127. The van der Waals surface area contributed by atoms with E-state index in [-0.39, 0.29) is 41.0 Å². The van der Waals surface area contributed by atoms with Crippen molar-refractivity contribution in [3.8, 4) is 23.0 Å². The number of hydrogen-bond donors (Lipinski definition) is 1. The first-order valence-electron chi connectivity index (χ1n) is 23.4. The summed E-state index contributed by atoms with van der Waals surface area (Å²) in [4.78, 5) is 64.7. The van der Waals surface area contributed by atoms with Gasteiger partial charge in [-0.1, -0.05) is 6.07 Å². The number of aromatic nitrogens is 3. The summed E-state index contributed by atoms with van der Waals surface area (Å²) in [5, 5.41) is 7.81. The fourth-order valence-electron chi connectivity index (χ4n) is 10.2.